The second-order valence-electron chi connectivity index (χ2n) is 5.74. The van der Waals surface area contributed by atoms with Crippen molar-refractivity contribution in [3.05, 3.63) is 73.6 Å². The van der Waals surface area contributed by atoms with Gasteiger partial charge in [-0.15, -0.1) is 0 Å². The average molecular weight is 507 g/mol. The van der Waals surface area contributed by atoms with Crippen molar-refractivity contribution in [2.75, 3.05) is 4.90 Å². The van der Waals surface area contributed by atoms with Crippen molar-refractivity contribution in [3.8, 4) is 6.07 Å². The third-order valence-electron chi connectivity index (χ3n) is 3.94. The summed E-state index contributed by atoms with van der Waals surface area (Å²) in [5.74, 6) is -1.03. The van der Waals surface area contributed by atoms with Crippen LogP contribution in [-0.4, -0.2) is 17.1 Å². The molecule has 3 rings (SSSR count). The van der Waals surface area contributed by atoms with Gasteiger partial charge in [-0.3, -0.25) is 14.5 Å². The van der Waals surface area contributed by atoms with Gasteiger partial charge in [-0.1, -0.05) is 55.8 Å². The summed E-state index contributed by atoms with van der Waals surface area (Å²) in [6.45, 7) is 0. The zero-order valence-corrected chi connectivity index (χ0v) is 17.8. The summed E-state index contributed by atoms with van der Waals surface area (Å²) in [4.78, 5) is 26.2. The van der Waals surface area contributed by atoms with E-state index >= 15 is 0 Å². The minimum atomic E-state index is -0.848. The minimum Gasteiger partial charge on any atom is -0.365 e. The molecule has 0 spiro atoms. The fourth-order valence-electron chi connectivity index (χ4n) is 2.66. The number of primary amides is 1. The van der Waals surface area contributed by atoms with Gasteiger partial charge in [-0.05, 0) is 48.4 Å². The smallest absolute Gasteiger partial charge is 0.262 e. The molecule has 2 amide bonds. The van der Waals surface area contributed by atoms with Crippen LogP contribution in [0.15, 0.2) is 68.1 Å². The van der Waals surface area contributed by atoms with E-state index in [1.165, 1.54) is 16.7 Å². The third-order valence-corrected chi connectivity index (χ3v) is 6.26. The van der Waals surface area contributed by atoms with Gasteiger partial charge in [0.25, 0.3) is 5.91 Å². The second-order valence-corrected chi connectivity index (χ2v) is 8.77. The predicted octanol–water partition coefficient (Wildman–Crippen LogP) is 4.12. The molecule has 5 nitrogen and oxygen atoms in total. The molecular formula is C19H13Br2N3O2S. The number of hydrogen-bond donors (Lipinski definition) is 1. The van der Waals surface area contributed by atoms with Crippen LogP contribution >= 0.6 is 43.6 Å². The predicted molar refractivity (Wildman–Crippen MR) is 113 cm³/mol. The van der Waals surface area contributed by atoms with E-state index in [2.05, 4.69) is 31.9 Å². The number of nitrogens with two attached hydrogens (primary N) is 1. The van der Waals surface area contributed by atoms with Crippen molar-refractivity contribution < 1.29 is 9.59 Å². The van der Waals surface area contributed by atoms with E-state index in [0.29, 0.717) is 12.1 Å². The Kier molecular flexibility index (Phi) is 6.05. The first-order chi connectivity index (χ1) is 12.9. The lowest BCUT2D eigenvalue weighted by Crippen LogP contribution is -2.31. The van der Waals surface area contributed by atoms with Crippen LogP contribution in [0.4, 0.5) is 5.69 Å². The molecule has 2 N–H and O–H groups in total. The fourth-order valence-corrected chi connectivity index (χ4v) is 4.50. The van der Waals surface area contributed by atoms with Crippen LogP contribution in [0.3, 0.4) is 0 Å². The topological polar surface area (TPSA) is 87.2 Å². The van der Waals surface area contributed by atoms with Gasteiger partial charge in [-0.25, -0.2) is 0 Å². The molecule has 1 fully saturated rings. The monoisotopic (exact) mass is 505 g/mol. The van der Waals surface area contributed by atoms with Gasteiger partial charge >= 0.3 is 0 Å². The minimum absolute atomic E-state index is 0.186. The molecule has 27 heavy (non-hydrogen) atoms. The van der Waals surface area contributed by atoms with Crippen LogP contribution in [0.2, 0.25) is 0 Å². The van der Waals surface area contributed by atoms with Crippen LogP contribution in [0.1, 0.15) is 5.56 Å². The Bertz CT molecular complexity index is 966. The van der Waals surface area contributed by atoms with E-state index in [0.717, 1.165) is 14.5 Å². The highest BCUT2D eigenvalue weighted by molar-refractivity contribution is 9.10. The summed E-state index contributed by atoms with van der Waals surface area (Å²) in [5, 5.41) is 9.21. The molecule has 2 aromatic rings. The molecule has 1 atom stereocenters. The molecular weight excluding hydrogens is 494 g/mol. The number of benzene rings is 2. The van der Waals surface area contributed by atoms with Crippen molar-refractivity contribution in [2.45, 2.75) is 11.7 Å². The molecule has 0 aliphatic carbocycles. The second kappa shape index (κ2) is 8.30. The van der Waals surface area contributed by atoms with Crippen LogP contribution in [0, 0.1) is 11.3 Å². The number of nitrogens with zero attached hydrogens (tertiary/aromatic N) is 2. The molecule has 0 saturated carbocycles. The van der Waals surface area contributed by atoms with E-state index in [-0.39, 0.29) is 16.5 Å². The largest absolute Gasteiger partial charge is 0.365 e. The maximum atomic E-state index is 13.1. The summed E-state index contributed by atoms with van der Waals surface area (Å²) >= 11 is 7.95. The van der Waals surface area contributed by atoms with Gasteiger partial charge in [0, 0.05) is 14.6 Å². The maximum Gasteiger partial charge on any atom is 0.262 e. The fraction of sp³-hybridized carbons (Fsp3) is 0.105. The molecule has 1 heterocycles. The Balaban J connectivity index is 2.01. The normalized spacial score (nSPS) is 18.3. The quantitative estimate of drug-likeness (QED) is 0.499. The number of rotatable bonds is 4. The standard InChI is InChI=1S/C19H13Br2N3O2S/c20-12-3-1-11(2-4-12)9-16-18(26)24(14-7-5-13(21)6-8-14)19(27-16)15(10-22)17(23)25/h1-8,16H,9H2,(H2,23,25)/b19-15-. The summed E-state index contributed by atoms with van der Waals surface area (Å²) in [7, 11) is 0. The Morgan fingerprint density at radius 3 is 2.19 bits per heavy atom. The van der Waals surface area contributed by atoms with Crippen molar-refractivity contribution in [3.63, 3.8) is 0 Å². The Hall–Kier alpha value is -2.08. The number of amides is 2. The summed E-state index contributed by atoms with van der Waals surface area (Å²) in [6.07, 6.45) is 0.477. The van der Waals surface area contributed by atoms with Crippen LogP contribution in [-0.2, 0) is 16.0 Å². The van der Waals surface area contributed by atoms with E-state index in [4.69, 9.17) is 5.73 Å². The first-order valence-electron chi connectivity index (χ1n) is 7.85. The number of thioether (sulfide) groups is 1. The molecule has 1 unspecified atom stereocenters. The first-order valence-corrected chi connectivity index (χ1v) is 10.3. The Labute approximate surface area is 177 Å². The highest BCUT2D eigenvalue weighted by atomic mass is 79.9. The third kappa shape index (κ3) is 4.26. The molecule has 0 aromatic heterocycles. The molecule has 0 bridgehead atoms. The van der Waals surface area contributed by atoms with Gasteiger partial charge in [0.05, 0.1) is 5.25 Å². The number of halogens is 2. The number of nitriles is 1. The van der Waals surface area contributed by atoms with Crippen LogP contribution in [0.25, 0.3) is 0 Å². The van der Waals surface area contributed by atoms with Gasteiger partial charge in [0.15, 0.2) is 0 Å². The van der Waals surface area contributed by atoms with E-state index < -0.39 is 11.2 Å². The molecule has 1 aliphatic rings. The van der Waals surface area contributed by atoms with Gasteiger partial charge in [-0.2, -0.15) is 5.26 Å². The van der Waals surface area contributed by atoms with Crippen LogP contribution in [0.5, 0.6) is 0 Å². The summed E-state index contributed by atoms with van der Waals surface area (Å²) in [5.41, 5.74) is 6.72. The highest BCUT2D eigenvalue weighted by Gasteiger charge is 2.40. The van der Waals surface area contributed by atoms with Gasteiger partial charge in [0.2, 0.25) is 5.91 Å². The lowest BCUT2D eigenvalue weighted by atomic mass is 10.1. The SMILES string of the molecule is N#C/C(C(N)=O)=C1/SC(Cc2ccc(Br)cc2)C(=O)N1c1ccc(Br)cc1. The first kappa shape index (κ1) is 19.7. The summed E-state index contributed by atoms with van der Waals surface area (Å²) < 4.78 is 1.81. The Morgan fingerprint density at radius 2 is 1.67 bits per heavy atom. The van der Waals surface area contributed by atoms with Crippen molar-refractivity contribution in [1.29, 1.82) is 5.26 Å². The van der Waals surface area contributed by atoms with Gasteiger partial charge < -0.3 is 5.73 Å². The summed E-state index contributed by atoms with van der Waals surface area (Å²) in [6, 6.07) is 16.6. The zero-order chi connectivity index (χ0) is 19.6. The number of carbonyl (C=O) groups is 2. The number of anilines is 1. The van der Waals surface area contributed by atoms with Crippen LogP contribution < -0.4 is 10.6 Å². The number of carbonyl (C=O) groups excluding carboxylic acids is 2. The van der Waals surface area contributed by atoms with E-state index in [9.17, 15) is 14.9 Å². The molecule has 1 aliphatic heterocycles. The Morgan fingerprint density at radius 1 is 1.11 bits per heavy atom. The van der Waals surface area contributed by atoms with Crippen molar-refractivity contribution >= 4 is 61.1 Å². The van der Waals surface area contributed by atoms with E-state index in [1.54, 1.807) is 24.3 Å². The zero-order valence-electron chi connectivity index (χ0n) is 13.9. The van der Waals surface area contributed by atoms with Crippen molar-refractivity contribution in [2.24, 2.45) is 5.73 Å². The highest BCUT2D eigenvalue weighted by Crippen LogP contribution is 2.42. The molecule has 2 aromatic carbocycles. The van der Waals surface area contributed by atoms with Crippen molar-refractivity contribution in [1.82, 2.24) is 0 Å². The van der Waals surface area contributed by atoms with E-state index in [1.807, 2.05) is 30.3 Å². The number of hydrogen-bond acceptors (Lipinski definition) is 4. The molecule has 1 saturated heterocycles. The average Bonchev–Trinajstić information content (AvgIpc) is 2.94. The molecule has 0 radical (unpaired) electrons. The lowest BCUT2D eigenvalue weighted by Gasteiger charge is -2.18. The maximum absolute atomic E-state index is 13.1. The lowest BCUT2D eigenvalue weighted by molar-refractivity contribution is -0.117. The molecule has 8 heteroatoms. The molecule has 136 valence electrons. The van der Waals surface area contributed by atoms with Gasteiger partial charge in [0.1, 0.15) is 16.7 Å².